The normalized spacial score (nSPS) is 9.88. The zero-order valence-corrected chi connectivity index (χ0v) is 8.91. The SMILES string of the molecule is COc1cccc(-c2ccccc2NF)c1. The average Bonchev–Trinajstić information content (AvgIpc) is 2.38. The van der Waals surface area contributed by atoms with Gasteiger partial charge in [-0.3, -0.25) is 0 Å². The van der Waals surface area contributed by atoms with Gasteiger partial charge in [-0.25, -0.2) is 5.54 Å². The van der Waals surface area contributed by atoms with Crippen molar-refractivity contribution in [1.29, 1.82) is 0 Å². The second-order valence-electron chi connectivity index (χ2n) is 3.37. The number of ether oxygens (including phenoxy) is 1. The molecule has 0 aliphatic heterocycles. The molecule has 0 spiro atoms. The second-order valence-corrected chi connectivity index (χ2v) is 3.37. The van der Waals surface area contributed by atoms with Crippen molar-refractivity contribution in [3.05, 3.63) is 48.5 Å². The van der Waals surface area contributed by atoms with Gasteiger partial charge in [0.1, 0.15) is 5.75 Å². The molecular formula is C13H12FNO. The molecule has 0 saturated carbocycles. The molecule has 2 nitrogen and oxygen atoms in total. The third-order valence-corrected chi connectivity index (χ3v) is 2.41. The molecule has 2 aromatic rings. The second kappa shape index (κ2) is 4.66. The van der Waals surface area contributed by atoms with E-state index in [1.54, 1.807) is 24.8 Å². The first kappa shape index (κ1) is 10.5. The fourth-order valence-electron chi connectivity index (χ4n) is 1.61. The van der Waals surface area contributed by atoms with Gasteiger partial charge in [-0.15, -0.1) is 4.48 Å². The van der Waals surface area contributed by atoms with Gasteiger partial charge in [0.15, 0.2) is 0 Å². The van der Waals surface area contributed by atoms with Crippen LogP contribution < -0.4 is 10.3 Å². The van der Waals surface area contributed by atoms with Crippen LogP contribution in [0.4, 0.5) is 10.2 Å². The van der Waals surface area contributed by atoms with Crippen molar-refractivity contribution < 1.29 is 9.22 Å². The lowest BCUT2D eigenvalue weighted by molar-refractivity contribution is 0.415. The molecule has 0 aromatic heterocycles. The first-order valence-electron chi connectivity index (χ1n) is 4.95. The fraction of sp³-hybridized carbons (Fsp3) is 0.0769. The minimum Gasteiger partial charge on any atom is -0.497 e. The van der Waals surface area contributed by atoms with Gasteiger partial charge in [0.2, 0.25) is 0 Å². The maximum atomic E-state index is 12.6. The first-order chi connectivity index (χ1) is 7.85. The first-order valence-corrected chi connectivity index (χ1v) is 4.95. The molecule has 1 N–H and O–H groups in total. The Balaban J connectivity index is 2.49. The summed E-state index contributed by atoms with van der Waals surface area (Å²) in [5.41, 5.74) is 3.87. The maximum absolute atomic E-state index is 12.6. The third-order valence-electron chi connectivity index (χ3n) is 2.41. The molecule has 2 aromatic carbocycles. The number of benzene rings is 2. The van der Waals surface area contributed by atoms with Crippen LogP contribution in [0.1, 0.15) is 0 Å². The molecule has 0 unspecified atom stereocenters. The van der Waals surface area contributed by atoms with Gasteiger partial charge in [-0.05, 0) is 23.8 Å². The molecule has 0 bridgehead atoms. The quantitative estimate of drug-likeness (QED) is 0.792. The van der Waals surface area contributed by atoms with Gasteiger partial charge in [-0.1, -0.05) is 30.3 Å². The summed E-state index contributed by atoms with van der Waals surface area (Å²) < 4.78 is 17.7. The van der Waals surface area contributed by atoms with Crippen molar-refractivity contribution in [2.75, 3.05) is 12.6 Å². The number of anilines is 1. The largest absolute Gasteiger partial charge is 0.497 e. The topological polar surface area (TPSA) is 21.3 Å². The Morgan fingerprint density at radius 2 is 1.88 bits per heavy atom. The molecule has 0 radical (unpaired) electrons. The van der Waals surface area contributed by atoms with Gasteiger partial charge < -0.3 is 4.74 Å². The standard InChI is InChI=1S/C13H12FNO/c1-16-11-6-4-5-10(9-11)12-7-2-3-8-13(12)15-14/h2-9,15H,1H3. The molecule has 2 rings (SSSR count). The molecule has 0 aliphatic rings. The van der Waals surface area contributed by atoms with Gasteiger partial charge >= 0.3 is 0 Å². The van der Waals surface area contributed by atoms with Crippen molar-refractivity contribution in [2.24, 2.45) is 0 Å². The number of hydrogen-bond donors (Lipinski definition) is 1. The van der Waals surface area contributed by atoms with Crippen LogP contribution in [0.25, 0.3) is 11.1 Å². The van der Waals surface area contributed by atoms with Gasteiger partial charge in [0.05, 0.1) is 12.8 Å². The van der Waals surface area contributed by atoms with E-state index in [1.165, 1.54) is 0 Å². The number of hydrogen-bond acceptors (Lipinski definition) is 2. The zero-order valence-electron chi connectivity index (χ0n) is 8.91. The predicted octanol–water partition coefficient (Wildman–Crippen LogP) is 3.66. The van der Waals surface area contributed by atoms with E-state index in [0.717, 1.165) is 16.9 Å². The van der Waals surface area contributed by atoms with Gasteiger partial charge in [-0.2, -0.15) is 0 Å². The molecule has 0 fully saturated rings. The Morgan fingerprint density at radius 3 is 2.62 bits per heavy atom. The summed E-state index contributed by atoms with van der Waals surface area (Å²) >= 11 is 0. The molecule has 0 amide bonds. The summed E-state index contributed by atoms with van der Waals surface area (Å²) in [6, 6.07) is 14.7. The van der Waals surface area contributed by atoms with E-state index in [2.05, 4.69) is 0 Å². The van der Waals surface area contributed by atoms with Crippen LogP contribution in [-0.4, -0.2) is 7.11 Å². The highest BCUT2D eigenvalue weighted by atomic mass is 19.2. The monoisotopic (exact) mass is 217 g/mol. The molecule has 0 saturated heterocycles. The number of nitrogens with one attached hydrogen (secondary N) is 1. The van der Waals surface area contributed by atoms with Crippen LogP contribution in [0, 0.1) is 0 Å². The van der Waals surface area contributed by atoms with Crippen molar-refractivity contribution >= 4 is 5.69 Å². The lowest BCUT2D eigenvalue weighted by Gasteiger charge is -2.08. The summed E-state index contributed by atoms with van der Waals surface area (Å²) in [5, 5.41) is 0. The Kier molecular flexibility index (Phi) is 3.05. The van der Waals surface area contributed by atoms with E-state index in [9.17, 15) is 4.48 Å². The Bertz CT molecular complexity index is 485. The highest BCUT2D eigenvalue weighted by molar-refractivity contribution is 5.77. The average molecular weight is 217 g/mol. The van der Waals surface area contributed by atoms with Crippen molar-refractivity contribution in [1.82, 2.24) is 0 Å². The molecule has 0 heterocycles. The fourth-order valence-corrected chi connectivity index (χ4v) is 1.61. The number of rotatable bonds is 3. The third kappa shape index (κ3) is 1.98. The zero-order chi connectivity index (χ0) is 11.4. The molecular weight excluding hydrogens is 205 g/mol. The van der Waals surface area contributed by atoms with Crippen LogP contribution in [0.2, 0.25) is 0 Å². The lowest BCUT2D eigenvalue weighted by atomic mass is 10.0. The molecule has 3 heteroatoms. The van der Waals surface area contributed by atoms with E-state index >= 15 is 0 Å². The highest BCUT2D eigenvalue weighted by Crippen LogP contribution is 2.29. The summed E-state index contributed by atoms with van der Waals surface area (Å²) in [6.45, 7) is 0. The van der Waals surface area contributed by atoms with E-state index in [1.807, 2.05) is 36.4 Å². The smallest absolute Gasteiger partial charge is 0.119 e. The molecule has 82 valence electrons. The van der Waals surface area contributed by atoms with Crippen LogP contribution in [0.3, 0.4) is 0 Å². The molecule has 0 aliphatic carbocycles. The Labute approximate surface area is 93.6 Å². The van der Waals surface area contributed by atoms with E-state index in [4.69, 9.17) is 4.74 Å². The number of methoxy groups -OCH3 is 1. The van der Waals surface area contributed by atoms with E-state index in [0.29, 0.717) is 5.69 Å². The van der Waals surface area contributed by atoms with Crippen LogP contribution >= 0.6 is 0 Å². The Morgan fingerprint density at radius 1 is 1.06 bits per heavy atom. The Hall–Kier alpha value is -2.03. The highest BCUT2D eigenvalue weighted by Gasteiger charge is 2.04. The maximum Gasteiger partial charge on any atom is 0.119 e. The van der Waals surface area contributed by atoms with Gasteiger partial charge in [0, 0.05) is 5.56 Å². The summed E-state index contributed by atoms with van der Waals surface area (Å²) in [5.74, 6) is 0.756. The number of para-hydroxylation sites is 1. The molecule has 16 heavy (non-hydrogen) atoms. The van der Waals surface area contributed by atoms with E-state index < -0.39 is 0 Å². The number of halogens is 1. The van der Waals surface area contributed by atoms with E-state index in [-0.39, 0.29) is 0 Å². The predicted molar refractivity (Wildman–Crippen MR) is 63.2 cm³/mol. The molecule has 0 atom stereocenters. The summed E-state index contributed by atoms with van der Waals surface area (Å²) in [7, 11) is 1.61. The van der Waals surface area contributed by atoms with Gasteiger partial charge in [0.25, 0.3) is 0 Å². The minimum atomic E-state index is 0.454. The minimum absolute atomic E-state index is 0.454. The lowest BCUT2D eigenvalue weighted by Crippen LogP contribution is -1.88. The van der Waals surface area contributed by atoms with Crippen molar-refractivity contribution in [3.8, 4) is 16.9 Å². The van der Waals surface area contributed by atoms with Crippen LogP contribution in [0.5, 0.6) is 5.75 Å². The van der Waals surface area contributed by atoms with Crippen LogP contribution in [0.15, 0.2) is 48.5 Å². The van der Waals surface area contributed by atoms with Crippen molar-refractivity contribution in [3.63, 3.8) is 0 Å². The summed E-state index contributed by atoms with van der Waals surface area (Å²) in [6.07, 6.45) is 0. The van der Waals surface area contributed by atoms with Crippen LogP contribution in [-0.2, 0) is 0 Å². The van der Waals surface area contributed by atoms with Crippen molar-refractivity contribution in [2.45, 2.75) is 0 Å². The summed E-state index contributed by atoms with van der Waals surface area (Å²) in [4.78, 5) is 0.